The van der Waals surface area contributed by atoms with Crippen molar-refractivity contribution < 1.29 is 22.1 Å². The molecule has 4 aromatic rings. The Morgan fingerprint density at radius 3 is 2.57 bits per heavy atom. The summed E-state index contributed by atoms with van der Waals surface area (Å²) in [7, 11) is -2.41. The summed E-state index contributed by atoms with van der Waals surface area (Å²) < 4.78 is 63.8. The second-order valence-electron chi connectivity index (χ2n) is 10.4. The molecule has 46 heavy (non-hydrogen) atoms. The van der Waals surface area contributed by atoms with E-state index in [1.165, 1.54) is 29.5 Å². The fourth-order valence-corrected chi connectivity index (χ4v) is 6.53. The van der Waals surface area contributed by atoms with Gasteiger partial charge in [0.1, 0.15) is 34.8 Å². The first-order chi connectivity index (χ1) is 22.2. The van der Waals surface area contributed by atoms with Crippen LogP contribution in [0.5, 0.6) is 0 Å². The molecular formula is C32H32F3N7O2S2. The highest BCUT2D eigenvalue weighted by Crippen LogP contribution is 2.38. The zero-order chi connectivity index (χ0) is 32.6. The molecule has 1 aliphatic heterocycles. The Balaban J connectivity index is 1.33. The van der Waals surface area contributed by atoms with Crippen molar-refractivity contribution >= 4 is 58.1 Å². The number of ether oxygens (including phenoxy) is 1. The molecular weight excluding hydrogens is 636 g/mol. The number of nitrogens with one attached hydrogen (secondary N) is 2. The van der Waals surface area contributed by atoms with Crippen LogP contribution >= 0.6 is 11.3 Å². The van der Waals surface area contributed by atoms with E-state index >= 15 is 0 Å². The smallest absolute Gasteiger partial charge is 0.156 e. The molecule has 0 spiro atoms. The molecule has 1 atom stereocenters. The summed E-state index contributed by atoms with van der Waals surface area (Å²) in [6.45, 7) is 11.0. The number of aromatic nitrogens is 2. The van der Waals surface area contributed by atoms with Crippen LogP contribution in [0, 0.1) is 17.5 Å². The number of morpholine rings is 1. The summed E-state index contributed by atoms with van der Waals surface area (Å²) in [5.74, 6) is -1.78. The Kier molecular flexibility index (Phi) is 10.9. The average Bonchev–Trinajstić information content (AvgIpc) is 3.50. The van der Waals surface area contributed by atoms with E-state index in [0.29, 0.717) is 41.7 Å². The van der Waals surface area contributed by atoms with Gasteiger partial charge >= 0.3 is 0 Å². The first-order valence-corrected chi connectivity index (χ1v) is 16.3. The van der Waals surface area contributed by atoms with Crippen LogP contribution < -0.4 is 14.9 Å². The van der Waals surface area contributed by atoms with Gasteiger partial charge in [-0.25, -0.2) is 27.3 Å². The SMILES string of the molecule is C=N/C(=C\C=N/CNc1ccc(N2CCOCC2)nc1)c1sc(C(C)C)nc1-c1ccc(F)c(NS(=O)c2c(F)cccc2F)c1. The summed E-state index contributed by atoms with van der Waals surface area (Å²) >= 11 is 1.41. The Morgan fingerprint density at radius 2 is 1.89 bits per heavy atom. The molecule has 1 fully saturated rings. The molecule has 5 rings (SSSR count). The van der Waals surface area contributed by atoms with E-state index in [0.717, 1.165) is 47.8 Å². The van der Waals surface area contributed by atoms with E-state index in [4.69, 9.17) is 9.72 Å². The van der Waals surface area contributed by atoms with Crippen molar-refractivity contribution in [2.24, 2.45) is 9.98 Å². The number of pyridine rings is 1. The molecule has 240 valence electrons. The molecule has 0 bridgehead atoms. The van der Waals surface area contributed by atoms with Crippen molar-refractivity contribution in [1.82, 2.24) is 9.97 Å². The zero-order valence-corrected chi connectivity index (χ0v) is 26.8. The molecule has 0 radical (unpaired) electrons. The van der Waals surface area contributed by atoms with Crippen molar-refractivity contribution in [2.45, 2.75) is 24.7 Å². The number of hydrogen-bond donors (Lipinski definition) is 2. The quantitative estimate of drug-likeness (QED) is 0.159. The van der Waals surface area contributed by atoms with Crippen molar-refractivity contribution in [2.75, 3.05) is 47.9 Å². The van der Waals surface area contributed by atoms with E-state index in [2.05, 4.69) is 36.6 Å². The highest BCUT2D eigenvalue weighted by Gasteiger charge is 2.21. The van der Waals surface area contributed by atoms with Crippen LogP contribution in [-0.2, 0) is 15.7 Å². The lowest BCUT2D eigenvalue weighted by molar-refractivity contribution is 0.122. The zero-order valence-electron chi connectivity index (χ0n) is 25.2. The van der Waals surface area contributed by atoms with Gasteiger partial charge in [0.05, 0.1) is 52.1 Å². The van der Waals surface area contributed by atoms with Gasteiger partial charge in [-0.05, 0) is 55.3 Å². The average molecular weight is 668 g/mol. The van der Waals surface area contributed by atoms with E-state index in [1.807, 2.05) is 26.0 Å². The molecule has 1 aliphatic rings. The van der Waals surface area contributed by atoms with Crippen LogP contribution in [0.15, 0.2) is 75.7 Å². The number of allylic oxidation sites excluding steroid dienone is 1. The number of aliphatic imine (C=N–C) groups is 2. The summed E-state index contributed by atoms with van der Waals surface area (Å²) in [6.07, 6.45) is 5.07. The first-order valence-electron chi connectivity index (χ1n) is 14.4. The van der Waals surface area contributed by atoms with Crippen LogP contribution in [0.25, 0.3) is 17.0 Å². The van der Waals surface area contributed by atoms with Gasteiger partial charge in [0.15, 0.2) is 11.0 Å². The Bertz CT molecular complexity index is 1750. The molecule has 0 saturated carbocycles. The lowest BCUT2D eigenvalue weighted by atomic mass is 10.1. The molecule has 0 aliphatic carbocycles. The summed E-state index contributed by atoms with van der Waals surface area (Å²) in [4.78, 5) is 20.1. The Labute approximate surface area is 271 Å². The third kappa shape index (κ3) is 7.87. The maximum absolute atomic E-state index is 14.8. The van der Waals surface area contributed by atoms with Crippen LogP contribution in [-0.4, -0.2) is 60.1 Å². The maximum atomic E-state index is 14.8. The minimum Gasteiger partial charge on any atom is -0.378 e. The van der Waals surface area contributed by atoms with Crippen LogP contribution in [0.2, 0.25) is 0 Å². The second-order valence-corrected chi connectivity index (χ2v) is 12.6. The fraction of sp³-hybridized carbons (Fsp3) is 0.250. The normalized spacial score (nSPS) is 14.6. The number of thiazole rings is 1. The number of hydrogen-bond acceptors (Lipinski definition) is 9. The third-order valence-corrected chi connectivity index (χ3v) is 9.43. The lowest BCUT2D eigenvalue weighted by Crippen LogP contribution is -2.36. The van der Waals surface area contributed by atoms with E-state index in [1.54, 1.807) is 18.5 Å². The monoisotopic (exact) mass is 667 g/mol. The van der Waals surface area contributed by atoms with Gasteiger partial charge in [-0.3, -0.25) is 14.7 Å². The van der Waals surface area contributed by atoms with Crippen molar-refractivity contribution in [3.05, 3.63) is 88.1 Å². The lowest BCUT2D eigenvalue weighted by Gasteiger charge is -2.27. The van der Waals surface area contributed by atoms with E-state index in [-0.39, 0.29) is 11.6 Å². The third-order valence-electron chi connectivity index (χ3n) is 6.88. The Morgan fingerprint density at radius 1 is 1.13 bits per heavy atom. The van der Waals surface area contributed by atoms with Crippen LogP contribution in [0.1, 0.15) is 29.7 Å². The molecule has 1 saturated heterocycles. The number of anilines is 3. The summed E-state index contributed by atoms with van der Waals surface area (Å²) in [5, 5.41) is 4.01. The topological polar surface area (TPSA) is 104 Å². The van der Waals surface area contributed by atoms with Crippen LogP contribution in [0.4, 0.5) is 30.4 Å². The molecule has 2 aromatic carbocycles. The van der Waals surface area contributed by atoms with Gasteiger partial charge in [0, 0.05) is 30.8 Å². The van der Waals surface area contributed by atoms with Gasteiger partial charge in [0.25, 0.3) is 0 Å². The molecule has 9 nitrogen and oxygen atoms in total. The highest BCUT2D eigenvalue weighted by molar-refractivity contribution is 7.86. The summed E-state index contributed by atoms with van der Waals surface area (Å²) in [6, 6.07) is 11.1. The Hall–Kier alpha value is -4.40. The molecule has 2 N–H and O–H groups in total. The standard InChI is InChI=1S/C32H32F3N7O2S2/c1-20(2)32-40-29(21-7-9-23(33)27(17-21)41-46(43)31-24(34)5-4-6-25(31)35)30(45-32)26(36-3)11-12-37-19-39-22-8-10-28(38-18-22)42-13-15-44-16-14-42/h4-12,17-18,20,39,41H,3,13-16,19H2,1-2H3/b26-11-,37-12-. The van der Waals surface area contributed by atoms with E-state index in [9.17, 15) is 17.4 Å². The molecule has 3 heterocycles. The van der Waals surface area contributed by atoms with E-state index < -0.39 is 33.3 Å². The first kappa shape index (κ1) is 33.0. The van der Waals surface area contributed by atoms with Gasteiger partial charge in [-0.15, -0.1) is 11.3 Å². The predicted octanol–water partition coefficient (Wildman–Crippen LogP) is 6.90. The van der Waals surface area contributed by atoms with Crippen molar-refractivity contribution in [3.8, 4) is 11.3 Å². The number of benzene rings is 2. The van der Waals surface area contributed by atoms with Crippen LogP contribution in [0.3, 0.4) is 0 Å². The van der Waals surface area contributed by atoms with Gasteiger partial charge < -0.3 is 15.0 Å². The van der Waals surface area contributed by atoms with Gasteiger partial charge in [0.2, 0.25) is 0 Å². The largest absolute Gasteiger partial charge is 0.378 e. The number of halogens is 3. The molecule has 2 aromatic heterocycles. The predicted molar refractivity (Wildman–Crippen MR) is 180 cm³/mol. The molecule has 14 heteroatoms. The van der Waals surface area contributed by atoms with Crippen molar-refractivity contribution in [1.29, 1.82) is 0 Å². The minimum absolute atomic E-state index is 0.0826. The maximum Gasteiger partial charge on any atom is 0.156 e. The van der Waals surface area contributed by atoms with Crippen molar-refractivity contribution in [3.63, 3.8) is 0 Å². The second kappa shape index (κ2) is 15.3. The van der Waals surface area contributed by atoms with Gasteiger partial charge in [-0.2, -0.15) is 0 Å². The number of nitrogens with zero attached hydrogens (tertiary/aromatic N) is 5. The highest BCUT2D eigenvalue weighted by atomic mass is 32.2. The molecule has 1 unspecified atom stereocenters. The minimum atomic E-state index is -2.41. The van der Waals surface area contributed by atoms with Gasteiger partial charge in [-0.1, -0.05) is 19.9 Å². The number of rotatable bonds is 12. The fourth-order valence-electron chi connectivity index (χ4n) is 4.50. The molecule has 0 amide bonds. The summed E-state index contributed by atoms with van der Waals surface area (Å²) in [5.41, 5.74) is 2.09.